The van der Waals surface area contributed by atoms with Gasteiger partial charge < -0.3 is 16.2 Å². The first-order valence-electron chi connectivity index (χ1n) is 10.00. The van der Waals surface area contributed by atoms with Gasteiger partial charge in [-0.3, -0.25) is 4.79 Å². The molecule has 0 aromatic heterocycles. The second kappa shape index (κ2) is 8.87. The summed E-state index contributed by atoms with van der Waals surface area (Å²) in [6, 6.07) is 7.90. The molecule has 2 aromatic carbocycles. The smallest absolute Gasteiger partial charge is 0.321 e. The summed E-state index contributed by atoms with van der Waals surface area (Å²) in [6.07, 6.45) is 0.567. The summed E-state index contributed by atoms with van der Waals surface area (Å²) in [7, 11) is 0. The van der Waals surface area contributed by atoms with Gasteiger partial charge in [0, 0.05) is 39.0 Å². The van der Waals surface area contributed by atoms with Crippen molar-refractivity contribution in [2.45, 2.75) is 50.6 Å². The van der Waals surface area contributed by atoms with Crippen LogP contribution in [0.3, 0.4) is 0 Å². The van der Waals surface area contributed by atoms with Gasteiger partial charge in [0.25, 0.3) is 0 Å². The number of aliphatic carboxylic acids is 1. The minimum atomic E-state index is -1.08. The number of carboxylic acid groups (broad SMARTS) is 1. The summed E-state index contributed by atoms with van der Waals surface area (Å²) in [5, 5.41) is 14.3. The molecule has 1 aliphatic rings. The van der Waals surface area contributed by atoms with Crippen molar-refractivity contribution in [2.75, 3.05) is 6.54 Å². The van der Waals surface area contributed by atoms with Crippen LogP contribution in [0.2, 0.25) is 15.1 Å². The third-order valence-corrected chi connectivity index (χ3v) is 6.84. The molecule has 0 radical (unpaired) electrons. The number of rotatable bonds is 5. The standard InChI is InChI=1S/C23H26Cl3FN2O2/c1-22(2,3)10-18-23(11-28,15-7-5-13(25)9-17(15)27)19(20(29-18)21(30)31)14-6-4-12(24)8-16(14)26/h4-9,18-20,29H,10-11,28H2,1-3H3,(H,30,31)/t18-,19+,20+,23-/m0/s1. The first kappa shape index (κ1) is 24.3. The van der Waals surface area contributed by atoms with Crippen LogP contribution in [0.5, 0.6) is 0 Å². The highest BCUT2D eigenvalue weighted by Gasteiger charge is 2.59. The van der Waals surface area contributed by atoms with E-state index in [0.717, 1.165) is 0 Å². The highest BCUT2D eigenvalue weighted by molar-refractivity contribution is 6.35. The lowest BCUT2D eigenvalue weighted by Gasteiger charge is -2.42. The van der Waals surface area contributed by atoms with Gasteiger partial charge >= 0.3 is 5.97 Å². The molecule has 1 fully saturated rings. The number of nitrogens with two attached hydrogens (primary N) is 1. The molecule has 8 heteroatoms. The Bertz CT molecular complexity index is 995. The Kier molecular flexibility index (Phi) is 6.95. The summed E-state index contributed by atoms with van der Waals surface area (Å²) in [4.78, 5) is 12.4. The van der Waals surface area contributed by atoms with Crippen LogP contribution in [0, 0.1) is 11.2 Å². The van der Waals surface area contributed by atoms with Crippen LogP contribution in [0.4, 0.5) is 4.39 Å². The third kappa shape index (κ3) is 4.57. The van der Waals surface area contributed by atoms with E-state index in [-0.39, 0.29) is 17.0 Å². The van der Waals surface area contributed by atoms with E-state index in [4.69, 9.17) is 40.5 Å². The molecule has 4 N–H and O–H groups in total. The largest absolute Gasteiger partial charge is 0.480 e. The van der Waals surface area contributed by atoms with Gasteiger partial charge in [0.15, 0.2) is 0 Å². The van der Waals surface area contributed by atoms with Crippen molar-refractivity contribution < 1.29 is 14.3 Å². The summed E-state index contributed by atoms with van der Waals surface area (Å²) < 4.78 is 15.4. The average Bonchev–Trinajstić information content (AvgIpc) is 2.95. The van der Waals surface area contributed by atoms with Crippen LogP contribution in [0.15, 0.2) is 36.4 Å². The van der Waals surface area contributed by atoms with Gasteiger partial charge in [-0.15, -0.1) is 0 Å². The average molecular weight is 488 g/mol. The molecule has 1 heterocycles. The van der Waals surface area contributed by atoms with E-state index >= 15 is 4.39 Å². The van der Waals surface area contributed by atoms with Crippen LogP contribution in [-0.4, -0.2) is 29.7 Å². The Labute approximate surface area is 196 Å². The van der Waals surface area contributed by atoms with E-state index in [1.165, 1.54) is 6.07 Å². The topological polar surface area (TPSA) is 75.3 Å². The number of halogens is 4. The number of nitrogens with one attached hydrogen (secondary N) is 1. The Morgan fingerprint density at radius 1 is 1.16 bits per heavy atom. The summed E-state index contributed by atoms with van der Waals surface area (Å²) in [5.74, 6) is -2.32. The van der Waals surface area contributed by atoms with Crippen molar-refractivity contribution in [3.63, 3.8) is 0 Å². The Morgan fingerprint density at radius 2 is 1.77 bits per heavy atom. The predicted molar refractivity (Wildman–Crippen MR) is 124 cm³/mol. The lowest BCUT2D eigenvalue weighted by atomic mass is 9.62. The maximum absolute atomic E-state index is 15.4. The number of hydrogen-bond donors (Lipinski definition) is 3. The third-order valence-electron chi connectivity index (χ3n) is 6.04. The summed E-state index contributed by atoms with van der Waals surface area (Å²) >= 11 is 18.6. The molecular formula is C23H26Cl3FN2O2. The van der Waals surface area contributed by atoms with Crippen molar-refractivity contribution in [1.82, 2.24) is 5.32 Å². The Hall–Kier alpha value is -1.37. The highest BCUT2D eigenvalue weighted by Crippen LogP contribution is 2.53. The van der Waals surface area contributed by atoms with E-state index in [1.807, 2.05) is 20.8 Å². The molecular weight excluding hydrogens is 462 g/mol. The van der Waals surface area contributed by atoms with Crippen molar-refractivity contribution >= 4 is 40.8 Å². The zero-order valence-electron chi connectivity index (χ0n) is 17.6. The molecule has 1 aliphatic heterocycles. The fourth-order valence-electron chi connectivity index (χ4n) is 4.86. The second-order valence-electron chi connectivity index (χ2n) is 9.31. The zero-order valence-corrected chi connectivity index (χ0v) is 19.8. The molecule has 168 valence electrons. The van der Waals surface area contributed by atoms with Crippen molar-refractivity contribution in [2.24, 2.45) is 11.1 Å². The normalized spacial score (nSPS) is 26.3. The van der Waals surface area contributed by atoms with E-state index in [1.54, 1.807) is 30.3 Å². The lowest BCUT2D eigenvalue weighted by molar-refractivity contribution is -0.139. The lowest BCUT2D eigenvalue weighted by Crippen LogP contribution is -2.50. The zero-order chi connectivity index (χ0) is 23.1. The number of benzene rings is 2. The SMILES string of the molecule is CC(C)(C)C[C@@H]1N[C@@H](C(=O)O)[C@@H](c2ccc(Cl)cc2Cl)[C@@]1(CN)c1ccc(Cl)cc1F. The molecule has 0 unspecified atom stereocenters. The second-order valence-corrected chi connectivity index (χ2v) is 10.6. The quantitative estimate of drug-likeness (QED) is 0.511. The molecule has 0 amide bonds. The fraction of sp³-hybridized carbons (Fsp3) is 0.435. The molecule has 2 aromatic rings. The molecule has 4 nitrogen and oxygen atoms in total. The highest BCUT2D eigenvalue weighted by atomic mass is 35.5. The number of carbonyl (C=O) groups is 1. The molecule has 31 heavy (non-hydrogen) atoms. The number of hydrogen-bond acceptors (Lipinski definition) is 3. The van der Waals surface area contributed by atoms with Gasteiger partial charge in [0.2, 0.25) is 0 Å². The molecule has 0 spiro atoms. The molecule has 0 bridgehead atoms. The van der Waals surface area contributed by atoms with Crippen LogP contribution in [0.25, 0.3) is 0 Å². The summed E-state index contributed by atoms with van der Waals surface area (Å²) in [5.41, 5.74) is 6.00. The van der Waals surface area contributed by atoms with Gasteiger partial charge in [0.05, 0.1) is 0 Å². The van der Waals surface area contributed by atoms with E-state index < -0.39 is 35.2 Å². The minimum absolute atomic E-state index is 0.00665. The van der Waals surface area contributed by atoms with Crippen LogP contribution < -0.4 is 11.1 Å². The van der Waals surface area contributed by atoms with Crippen LogP contribution in [0.1, 0.15) is 44.2 Å². The van der Waals surface area contributed by atoms with Crippen molar-refractivity contribution in [1.29, 1.82) is 0 Å². The molecule has 0 saturated carbocycles. The van der Waals surface area contributed by atoms with E-state index in [2.05, 4.69) is 5.32 Å². The maximum atomic E-state index is 15.4. The van der Waals surface area contributed by atoms with E-state index in [9.17, 15) is 9.90 Å². The molecule has 1 saturated heterocycles. The molecule has 4 atom stereocenters. The predicted octanol–water partition coefficient (Wildman–Crippen LogP) is 5.63. The van der Waals surface area contributed by atoms with Gasteiger partial charge in [-0.2, -0.15) is 0 Å². The first-order valence-corrected chi connectivity index (χ1v) is 11.1. The molecule has 3 rings (SSSR count). The molecule has 0 aliphatic carbocycles. The number of carboxylic acids is 1. The van der Waals surface area contributed by atoms with Gasteiger partial charge in [-0.05, 0) is 47.2 Å². The minimum Gasteiger partial charge on any atom is -0.480 e. The van der Waals surface area contributed by atoms with Crippen LogP contribution >= 0.6 is 34.8 Å². The Balaban J connectivity index is 2.34. The van der Waals surface area contributed by atoms with E-state index in [0.29, 0.717) is 27.6 Å². The van der Waals surface area contributed by atoms with Crippen molar-refractivity contribution in [3.05, 3.63) is 68.4 Å². The van der Waals surface area contributed by atoms with Gasteiger partial charge in [-0.25, -0.2) is 4.39 Å². The van der Waals surface area contributed by atoms with Crippen molar-refractivity contribution in [3.8, 4) is 0 Å². The fourth-order valence-corrected chi connectivity index (χ4v) is 5.54. The summed E-state index contributed by atoms with van der Waals surface area (Å²) in [6.45, 7) is 6.15. The maximum Gasteiger partial charge on any atom is 0.321 e. The Morgan fingerprint density at radius 3 is 2.29 bits per heavy atom. The monoisotopic (exact) mass is 486 g/mol. The van der Waals surface area contributed by atoms with Gasteiger partial charge in [0.1, 0.15) is 11.9 Å². The van der Waals surface area contributed by atoms with Crippen LogP contribution in [-0.2, 0) is 10.2 Å². The van der Waals surface area contributed by atoms with Gasteiger partial charge in [-0.1, -0.05) is 67.7 Å². The first-order chi connectivity index (χ1) is 14.4.